The average molecular weight is 297 g/mol. The van der Waals surface area contributed by atoms with Gasteiger partial charge in [-0.1, -0.05) is 40.5 Å². The molecule has 0 aromatic heterocycles. The molecule has 0 heterocycles. The molecule has 1 aliphatic carbocycles. The Labute approximate surface area is 129 Å². The topological polar surface area (TPSA) is 46.6 Å². The van der Waals surface area contributed by atoms with Gasteiger partial charge in [-0.3, -0.25) is 9.59 Å². The molecule has 0 aromatic rings. The third-order valence-corrected chi connectivity index (χ3v) is 4.44. The number of carbonyl (C=O) groups is 2. The van der Waals surface area contributed by atoms with Crippen LogP contribution in [-0.4, -0.2) is 36.5 Å². The van der Waals surface area contributed by atoms with Gasteiger partial charge in [0.05, 0.1) is 6.61 Å². The summed E-state index contributed by atoms with van der Waals surface area (Å²) in [6.45, 7) is 10.1. The summed E-state index contributed by atoms with van der Waals surface area (Å²) in [6, 6.07) is 0.250. The molecule has 0 saturated heterocycles. The second-order valence-electron chi connectivity index (χ2n) is 7.43. The highest BCUT2D eigenvalue weighted by atomic mass is 16.5. The first kappa shape index (κ1) is 18.0. The molecule has 1 fully saturated rings. The van der Waals surface area contributed by atoms with E-state index in [1.807, 2.05) is 27.8 Å². The number of hydrogen-bond acceptors (Lipinski definition) is 3. The van der Waals surface area contributed by atoms with E-state index in [1.54, 1.807) is 11.8 Å². The van der Waals surface area contributed by atoms with E-state index in [9.17, 15) is 9.59 Å². The van der Waals surface area contributed by atoms with Gasteiger partial charge < -0.3 is 9.64 Å². The van der Waals surface area contributed by atoms with Crippen LogP contribution in [0.4, 0.5) is 0 Å². The molecular formula is C17H31NO3. The summed E-state index contributed by atoms with van der Waals surface area (Å²) in [5.74, 6) is -0.569. The minimum atomic E-state index is -0.723. The number of rotatable bonds is 4. The van der Waals surface area contributed by atoms with E-state index in [1.165, 1.54) is 6.42 Å². The molecule has 3 unspecified atom stereocenters. The van der Waals surface area contributed by atoms with Crippen LogP contribution in [0.25, 0.3) is 0 Å². The molecule has 1 saturated carbocycles. The Hall–Kier alpha value is -1.06. The Bertz CT molecular complexity index is 373. The summed E-state index contributed by atoms with van der Waals surface area (Å²) in [7, 11) is 1.84. The van der Waals surface area contributed by atoms with Crippen LogP contribution in [0.1, 0.15) is 60.3 Å². The van der Waals surface area contributed by atoms with Crippen molar-refractivity contribution in [1.29, 1.82) is 0 Å². The summed E-state index contributed by atoms with van der Waals surface area (Å²) in [5.41, 5.74) is -0.433. The highest BCUT2D eigenvalue weighted by molar-refractivity contribution is 5.98. The van der Waals surface area contributed by atoms with Crippen molar-refractivity contribution in [2.24, 2.45) is 17.3 Å². The number of hydrogen-bond donors (Lipinski definition) is 0. The van der Waals surface area contributed by atoms with Gasteiger partial charge in [0.2, 0.25) is 5.91 Å². The van der Waals surface area contributed by atoms with E-state index in [0.717, 1.165) is 19.3 Å². The molecule has 4 heteroatoms. The van der Waals surface area contributed by atoms with Crippen LogP contribution < -0.4 is 0 Å². The van der Waals surface area contributed by atoms with Crippen molar-refractivity contribution < 1.29 is 14.3 Å². The molecule has 0 aromatic carbocycles. The van der Waals surface area contributed by atoms with Gasteiger partial charge in [0.15, 0.2) is 0 Å². The molecule has 1 rings (SSSR count). The largest absolute Gasteiger partial charge is 0.465 e. The summed E-state index contributed by atoms with van der Waals surface area (Å²) < 4.78 is 5.12. The first-order valence-corrected chi connectivity index (χ1v) is 8.11. The van der Waals surface area contributed by atoms with Crippen molar-refractivity contribution in [3.8, 4) is 0 Å². The molecule has 0 aliphatic heterocycles. The van der Waals surface area contributed by atoms with Crippen molar-refractivity contribution >= 4 is 11.9 Å². The normalized spacial score (nSPS) is 24.3. The first-order chi connectivity index (χ1) is 9.68. The molecule has 0 bridgehead atoms. The monoisotopic (exact) mass is 297 g/mol. The second-order valence-corrected chi connectivity index (χ2v) is 7.43. The molecule has 0 radical (unpaired) electrons. The molecule has 0 N–H and O–H groups in total. The smallest absolute Gasteiger partial charge is 0.319 e. The van der Waals surface area contributed by atoms with E-state index < -0.39 is 17.3 Å². The Kier molecular flexibility index (Phi) is 6.24. The van der Waals surface area contributed by atoms with E-state index in [2.05, 4.69) is 6.92 Å². The van der Waals surface area contributed by atoms with Crippen LogP contribution in [0.2, 0.25) is 0 Å². The highest BCUT2D eigenvalue weighted by Gasteiger charge is 2.42. The minimum absolute atomic E-state index is 0.0972. The number of amides is 1. The fourth-order valence-corrected chi connectivity index (χ4v) is 3.19. The number of ether oxygens (including phenoxy) is 1. The fraction of sp³-hybridized carbons (Fsp3) is 0.882. The van der Waals surface area contributed by atoms with Crippen LogP contribution >= 0.6 is 0 Å². The third kappa shape index (κ3) is 4.72. The maximum atomic E-state index is 12.8. The lowest BCUT2D eigenvalue weighted by molar-refractivity contribution is -0.161. The number of carbonyl (C=O) groups excluding carboxylic acids is 2. The lowest BCUT2D eigenvalue weighted by atomic mass is 9.79. The number of nitrogens with zero attached hydrogens (tertiary/aromatic N) is 1. The van der Waals surface area contributed by atoms with Gasteiger partial charge in [0.1, 0.15) is 5.92 Å². The van der Waals surface area contributed by atoms with Crippen LogP contribution in [0.3, 0.4) is 0 Å². The molecule has 21 heavy (non-hydrogen) atoms. The lowest BCUT2D eigenvalue weighted by Gasteiger charge is -2.38. The number of esters is 1. The minimum Gasteiger partial charge on any atom is -0.465 e. The Morgan fingerprint density at radius 2 is 1.90 bits per heavy atom. The Morgan fingerprint density at radius 1 is 1.29 bits per heavy atom. The van der Waals surface area contributed by atoms with Crippen molar-refractivity contribution in [3.05, 3.63) is 0 Å². The van der Waals surface area contributed by atoms with Gasteiger partial charge in [0.25, 0.3) is 0 Å². The zero-order valence-electron chi connectivity index (χ0n) is 14.4. The van der Waals surface area contributed by atoms with Crippen molar-refractivity contribution in [3.63, 3.8) is 0 Å². The molecule has 1 amide bonds. The maximum absolute atomic E-state index is 12.8. The molecule has 3 atom stereocenters. The zero-order valence-corrected chi connectivity index (χ0v) is 14.4. The lowest BCUT2D eigenvalue weighted by Crippen LogP contribution is -2.49. The predicted molar refractivity (Wildman–Crippen MR) is 83.8 cm³/mol. The van der Waals surface area contributed by atoms with Gasteiger partial charge in [0, 0.05) is 13.1 Å². The van der Waals surface area contributed by atoms with Gasteiger partial charge in [-0.05, 0) is 31.1 Å². The van der Waals surface area contributed by atoms with E-state index in [4.69, 9.17) is 4.74 Å². The van der Waals surface area contributed by atoms with E-state index in [0.29, 0.717) is 12.5 Å². The fourth-order valence-electron chi connectivity index (χ4n) is 3.19. The van der Waals surface area contributed by atoms with Gasteiger partial charge >= 0.3 is 5.97 Å². The van der Waals surface area contributed by atoms with Crippen LogP contribution in [-0.2, 0) is 14.3 Å². The summed E-state index contributed by atoms with van der Waals surface area (Å²) in [5, 5.41) is 0. The van der Waals surface area contributed by atoms with Crippen molar-refractivity contribution in [2.45, 2.75) is 66.3 Å². The molecule has 4 nitrogen and oxygen atoms in total. The van der Waals surface area contributed by atoms with Crippen molar-refractivity contribution in [2.75, 3.05) is 13.7 Å². The Balaban J connectivity index is 2.86. The summed E-state index contributed by atoms with van der Waals surface area (Å²) in [6.07, 6.45) is 4.45. The molecular weight excluding hydrogens is 266 g/mol. The van der Waals surface area contributed by atoms with Gasteiger partial charge in [-0.25, -0.2) is 0 Å². The van der Waals surface area contributed by atoms with Gasteiger partial charge in [-0.15, -0.1) is 0 Å². The molecule has 122 valence electrons. The van der Waals surface area contributed by atoms with Gasteiger partial charge in [-0.2, -0.15) is 0 Å². The summed E-state index contributed by atoms with van der Waals surface area (Å²) >= 11 is 0. The predicted octanol–water partition coefficient (Wildman–Crippen LogP) is 3.25. The van der Waals surface area contributed by atoms with Crippen LogP contribution in [0.15, 0.2) is 0 Å². The highest BCUT2D eigenvalue weighted by Crippen LogP contribution is 2.32. The van der Waals surface area contributed by atoms with Crippen LogP contribution in [0.5, 0.6) is 0 Å². The third-order valence-electron chi connectivity index (χ3n) is 4.44. The Morgan fingerprint density at radius 3 is 2.38 bits per heavy atom. The molecule has 0 spiro atoms. The van der Waals surface area contributed by atoms with Crippen LogP contribution in [0, 0.1) is 17.3 Å². The maximum Gasteiger partial charge on any atom is 0.319 e. The van der Waals surface area contributed by atoms with E-state index >= 15 is 0 Å². The average Bonchev–Trinajstić information content (AvgIpc) is 2.36. The SMILES string of the molecule is CCOC(=O)C(C(=O)N(C)C1CCCC(C)C1)C(C)(C)C. The van der Waals surface area contributed by atoms with E-state index in [-0.39, 0.29) is 11.9 Å². The standard InChI is InChI=1S/C17H31NO3/c1-7-21-16(20)14(17(3,4)5)15(19)18(6)13-10-8-9-12(2)11-13/h12-14H,7-11H2,1-6H3. The first-order valence-electron chi connectivity index (χ1n) is 8.11. The second kappa shape index (κ2) is 7.28. The van der Waals surface area contributed by atoms with Crippen molar-refractivity contribution in [1.82, 2.24) is 4.90 Å². The quantitative estimate of drug-likeness (QED) is 0.591. The zero-order chi connectivity index (χ0) is 16.2. The molecule has 1 aliphatic rings. The summed E-state index contributed by atoms with van der Waals surface area (Å²) in [4.78, 5) is 26.8.